The fourth-order valence-corrected chi connectivity index (χ4v) is 1.22. The molecule has 1 aromatic carbocycles. The molecule has 0 bridgehead atoms. The van der Waals surface area contributed by atoms with E-state index in [0.29, 0.717) is 0 Å². The maximum atomic E-state index is 5.62. The summed E-state index contributed by atoms with van der Waals surface area (Å²) in [6, 6.07) is 5.45. The maximum Gasteiger partial charge on any atom is 0.223 e. The van der Waals surface area contributed by atoms with E-state index < -0.39 is 0 Å². The molecule has 0 N–H and O–H groups in total. The average Bonchev–Trinajstić information content (AvgIpc) is 2.43. The highest BCUT2D eigenvalue weighted by Crippen LogP contribution is 2.34. The molecule has 1 aromatic rings. The normalized spacial score (nSPS) is 13.3. The molecule has 0 saturated carbocycles. The van der Waals surface area contributed by atoms with Gasteiger partial charge in [0.1, 0.15) is 5.75 Å². The molecular formula is C8H6ClN2O. The second-order valence-corrected chi connectivity index (χ2v) is 2.69. The molecule has 1 aliphatic heterocycles. The van der Waals surface area contributed by atoms with Crippen LogP contribution >= 0.6 is 11.6 Å². The lowest BCUT2D eigenvalue weighted by atomic mass is 10.2. The zero-order valence-corrected chi connectivity index (χ0v) is 7.17. The highest BCUT2D eigenvalue weighted by Gasteiger charge is 2.13. The van der Waals surface area contributed by atoms with Crippen LogP contribution in [0.25, 0.3) is 0 Å². The van der Waals surface area contributed by atoms with Gasteiger partial charge in [0, 0.05) is 6.07 Å². The average molecular weight is 182 g/mol. The number of hydrogen-bond donors (Lipinski definition) is 0. The topological polar surface area (TPSA) is 35.7 Å². The molecule has 0 fully saturated rings. The monoisotopic (exact) mass is 181 g/mol. The van der Waals surface area contributed by atoms with E-state index in [4.69, 9.17) is 16.3 Å². The van der Waals surface area contributed by atoms with Crippen LogP contribution in [0, 0.1) is 0 Å². The van der Waals surface area contributed by atoms with Crippen molar-refractivity contribution in [3.05, 3.63) is 18.2 Å². The molecule has 61 valence electrons. The van der Waals surface area contributed by atoms with E-state index in [0.717, 1.165) is 17.1 Å². The Morgan fingerprint density at radius 3 is 2.92 bits per heavy atom. The van der Waals surface area contributed by atoms with Crippen molar-refractivity contribution >= 4 is 28.3 Å². The minimum absolute atomic E-state index is 0.276. The van der Waals surface area contributed by atoms with E-state index in [1.165, 1.54) is 0 Å². The summed E-state index contributed by atoms with van der Waals surface area (Å²) in [7, 11) is 1.61. The molecule has 1 aliphatic rings. The molecule has 0 unspecified atom stereocenters. The number of halogens is 1. The van der Waals surface area contributed by atoms with Gasteiger partial charge in [0.05, 0.1) is 18.5 Å². The number of aliphatic imine (C=N–C) groups is 1. The predicted molar refractivity (Wildman–Crippen MR) is 47.7 cm³/mol. The minimum Gasteiger partial charge on any atom is -0.497 e. The SMILES string of the molecule is COc1ccc2c(c1)N=C(Cl)[N]2. The highest BCUT2D eigenvalue weighted by molar-refractivity contribution is 6.65. The van der Waals surface area contributed by atoms with Crippen LogP contribution < -0.4 is 10.1 Å². The number of rotatable bonds is 1. The van der Waals surface area contributed by atoms with Gasteiger partial charge in [-0.05, 0) is 23.7 Å². The minimum atomic E-state index is 0.276. The van der Waals surface area contributed by atoms with Crippen LogP contribution in [0.3, 0.4) is 0 Å². The van der Waals surface area contributed by atoms with Gasteiger partial charge in [-0.2, -0.15) is 0 Å². The molecule has 2 rings (SSSR count). The van der Waals surface area contributed by atoms with Crippen molar-refractivity contribution in [2.24, 2.45) is 4.99 Å². The molecule has 1 heterocycles. The largest absolute Gasteiger partial charge is 0.497 e. The third-order valence-corrected chi connectivity index (χ3v) is 1.78. The summed E-state index contributed by atoms with van der Waals surface area (Å²) < 4.78 is 5.02. The lowest BCUT2D eigenvalue weighted by Crippen LogP contribution is -1.94. The molecule has 4 heteroatoms. The first-order valence-electron chi connectivity index (χ1n) is 3.43. The van der Waals surface area contributed by atoms with E-state index in [1.807, 2.05) is 12.1 Å². The van der Waals surface area contributed by atoms with Crippen molar-refractivity contribution in [1.29, 1.82) is 0 Å². The zero-order chi connectivity index (χ0) is 8.55. The van der Waals surface area contributed by atoms with Crippen LogP contribution in [0.1, 0.15) is 0 Å². The second-order valence-electron chi connectivity index (χ2n) is 2.35. The second kappa shape index (κ2) is 2.68. The van der Waals surface area contributed by atoms with Crippen LogP contribution in [-0.2, 0) is 0 Å². The summed E-state index contributed by atoms with van der Waals surface area (Å²) in [5.74, 6) is 0.763. The predicted octanol–water partition coefficient (Wildman–Crippen LogP) is 2.17. The van der Waals surface area contributed by atoms with Gasteiger partial charge in [0.15, 0.2) is 0 Å². The van der Waals surface area contributed by atoms with E-state index in [1.54, 1.807) is 13.2 Å². The molecular weight excluding hydrogens is 176 g/mol. The maximum absolute atomic E-state index is 5.62. The van der Waals surface area contributed by atoms with Gasteiger partial charge < -0.3 is 4.74 Å². The Labute approximate surface area is 75.0 Å². The summed E-state index contributed by atoms with van der Waals surface area (Å²) in [5, 5.41) is 4.26. The van der Waals surface area contributed by atoms with Crippen molar-refractivity contribution in [3.63, 3.8) is 0 Å². The van der Waals surface area contributed by atoms with E-state index in [9.17, 15) is 0 Å². The van der Waals surface area contributed by atoms with Gasteiger partial charge in [-0.1, -0.05) is 0 Å². The molecule has 0 aliphatic carbocycles. The Morgan fingerprint density at radius 2 is 2.17 bits per heavy atom. The van der Waals surface area contributed by atoms with Crippen LogP contribution in [0.15, 0.2) is 23.2 Å². The molecule has 0 amide bonds. The van der Waals surface area contributed by atoms with Crippen molar-refractivity contribution in [2.45, 2.75) is 0 Å². The standard InChI is InChI=1S/C8H6ClN2O/c1-12-5-2-3-6-7(4-5)11-8(9)10-6/h2-4H,1H3. The highest BCUT2D eigenvalue weighted by atomic mass is 35.5. The first-order chi connectivity index (χ1) is 5.79. The first kappa shape index (κ1) is 7.43. The smallest absolute Gasteiger partial charge is 0.223 e. The van der Waals surface area contributed by atoms with Gasteiger partial charge in [0.2, 0.25) is 5.29 Å². The van der Waals surface area contributed by atoms with Gasteiger partial charge >= 0.3 is 0 Å². The number of nitrogens with zero attached hydrogens (tertiary/aromatic N) is 2. The fraction of sp³-hybridized carbons (Fsp3) is 0.125. The Bertz CT molecular complexity index is 349. The van der Waals surface area contributed by atoms with E-state index in [-0.39, 0.29) is 5.29 Å². The van der Waals surface area contributed by atoms with Gasteiger partial charge in [-0.25, -0.2) is 10.3 Å². The summed E-state index contributed by atoms with van der Waals surface area (Å²) in [5.41, 5.74) is 1.56. The third-order valence-electron chi connectivity index (χ3n) is 1.61. The molecule has 1 radical (unpaired) electrons. The Kier molecular flexibility index (Phi) is 1.66. The fourth-order valence-electron chi connectivity index (χ4n) is 1.04. The van der Waals surface area contributed by atoms with E-state index >= 15 is 0 Å². The van der Waals surface area contributed by atoms with Crippen molar-refractivity contribution in [2.75, 3.05) is 7.11 Å². The van der Waals surface area contributed by atoms with Gasteiger partial charge in [-0.3, -0.25) is 0 Å². The molecule has 0 spiro atoms. The zero-order valence-electron chi connectivity index (χ0n) is 6.41. The number of benzene rings is 1. The number of amidine groups is 1. The first-order valence-corrected chi connectivity index (χ1v) is 3.81. The summed E-state index contributed by atoms with van der Waals surface area (Å²) in [4.78, 5) is 4.00. The molecule has 0 aromatic heterocycles. The Morgan fingerprint density at radius 1 is 1.33 bits per heavy atom. The van der Waals surface area contributed by atoms with Crippen molar-refractivity contribution in [3.8, 4) is 5.75 Å². The van der Waals surface area contributed by atoms with Crippen molar-refractivity contribution in [1.82, 2.24) is 5.32 Å². The molecule has 12 heavy (non-hydrogen) atoms. The van der Waals surface area contributed by atoms with Crippen LogP contribution in [-0.4, -0.2) is 12.4 Å². The van der Waals surface area contributed by atoms with Gasteiger partial charge in [-0.15, -0.1) is 0 Å². The molecule has 0 atom stereocenters. The molecule has 3 nitrogen and oxygen atoms in total. The van der Waals surface area contributed by atoms with E-state index in [2.05, 4.69) is 10.3 Å². The van der Waals surface area contributed by atoms with Gasteiger partial charge in [0.25, 0.3) is 0 Å². The van der Waals surface area contributed by atoms with Crippen LogP contribution in [0.5, 0.6) is 5.75 Å². The number of hydrogen-bond acceptors (Lipinski definition) is 2. The third kappa shape index (κ3) is 1.12. The number of methoxy groups -OCH3 is 1. The summed E-state index contributed by atoms with van der Waals surface area (Å²) >= 11 is 5.62. The number of fused-ring (bicyclic) bond motifs is 1. The van der Waals surface area contributed by atoms with Crippen LogP contribution in [0.2, 0.25) is 0 Å². The summed E-state index contributed by atoms with van der Waals surface area (Å²) in [6.07, 6.45) is 0. The summed E-state index contributed by atoms with van der Waals surface area (Å²) in [6.45, 7) is 0. The Balaban J connectivity index is 2.45. The Hall–Kier alpha value is -1.22. The lowest BCUT2D eigenvalue weighted by Gasteiger charge is -1.99. The lowest BCUT2D eigenvalue weighted by molar-refractivity contribution is 0.415. The quantitative estimate of drug-likeness (QED) is 0.612. The molecule has 0 saturated heterocycles. The van der Waals surface area contributed by atoms with Crippen molar-refractivity contribution < 1.29 is 4.74 Å². The van der Waals surface area contributed by atoms with Crippen LogP contribution in [0.4, 0.5) is 11.4 Å². The number of ether oxygens (including phenoxy) is 1.